The molecule has 2 fully saturated rings. The quantitative estimate of drug-likeness (QED) is 0.379. The lowest BCUT2D eigenvalue weighted by Gasteiger charge is -2.36. The molecule has 1 aromatic rings. The Morgan fingerprint density at radius 1 is 1.17 bits per heavy atom. The molecule has 35 heavy (non-hydrogen) atoms. The average molecular weight is 501 g/mol. The van der Waals surface area contributed by atoms with Crippen LogP contribution in [0.4, 0.5) is 5.69 Å². The molecule has 4 heterocycles. The Kier molecular flexibility index (Phi) is 6.46. The zero-order valence-electron chi connectivity index (χ0n) is 19.6. The van der Waals surface area contributed by atoms with E-state index in [0.717, 1.165) is 5.56 Å². The fraction of sp³-hybridized carbons (Fsp3) is 0.500. The minimum Gasteiger partial charge on any atom is -0.465 e. The van der Waals surface area contributed by atoms with Crippen molar-refractivity contribution >= 4 is 35.1 Å². The number of esters is 1. The molecule has 0 bridgehead atoms. The molecule has 5 rings (SSSR count). The van der Waals surface area contributed by atoms with Gasteiger partial charge in [0.1, 0.15) is 17.6 Å². The molecule has 8 nitrogen and oxygen atoms in total. The Morgan fingerprint density at radius 2 is 2.00 bits per heavy atom. The van der Waals surface area contributed by atoms with Gasteiger partial charge < -0.3 is 24.4 Å². The summed E-state index contributed by atoms with van der Waals surface area (Å²) in [5.41, 5.74) is 0.124. The second-order valence-electron chi connectivity index (χ2n) is 9.45. The second-order valence-corrected chi connectivity index (χ2v) is 9.85. The Morgan fingerprint density at radius 3 is 2.77 bits per heavy atom. The van der Waals surface area contributed by atoms with Crippen molar-refractivity contribution in [2.75, 3.05) is 31.2 Å². The number of likely N-dealkylation sites (tertiary alicyclic amines) is 1. The van der Waals surface area contributed by atoms with Crippen LogP contribution in [0, 0.1) is 18.8 Å². The largest absolute Gasteiger partial charge is 0.465 e. The molecule has 2 saturated heterocycles. The van der Waals surface area contributed by atoms with Gasteiger partial charge in [0.05, 0.1) is 29.3 Å². The van der Waals surface area contributed by atoms with Crippen LogP contribution in [0.3, 0.4) is 0 Å². The van der Waals surface area contributed by atoms with Crippen molar-refractivity contribution in [1.82, 2.24) is 4.90 Å². The molecule has 9 heteroatoms. The van der Waals surface area contributed by atoms with E-state index in [-0.39, 0.29) is 38.1 Å². The lowest BCUT2D eigenvalue weighted by atomic mass is 9.77. The van der Waals surface area contributed by atoms with Crippen LogP contribution in [-0.2, 0) is 23.9 Å². The van der Waals surface area contributed by atoms with Crippen molar-refractivity contribution in [2.24, 2.45) is 11.8 Å². The third kappa shape index (κ3) is 3.79. The van der Waals surface area contributed by atoms with Crippen molar-refractivity contribution < 1.29 is 29.0 Å². The summed E-state index contributed by atoms with van der Waals surface area (Å²) in [4.78, 5) is 44.3. The van der Waals surface area contributed by atoms with E-state index in [1.807, 2.05) is 37.3 Å². The highest BCUT2D eigenvalue weighted by atomic mass is 35.5. The molecule has 4 aliphatic rings. The molecule has 0 radical (unpaired) electrons. The summed E-state index contributed by atoms with van der Waals surface area (Å²) < 4.78 is 12.0. The number of unbranched alkanes of at least 4 members (excludes halogenated alkanes) is 1. The van der Waals surface area contributed by atoms with Crippen LogP contribution in [-0.4, -0.2) is 71.8 Å². The number of aliphatic hydroxyl groups excluding tert-OH is 1. The van der Waals surface area contributed by atoms with Gasteiger partial charge in [-0.25, -0.2) is 0 Å². The molecule has 186 valence electrons. The first-order valence-electron chi connectivity index (χ1n) is 12.1. The van der Waals surface area contributed by atoms with E-state index in [1.54, 1.807) is 17.0 Å². The van der Waals surface area contributed by atoms with E-state index in [0.29, 0.717) is 30.0 Å². The van der Waals surface area contributed by atoms with Gasteiger partial charge >= 0.3 is 5.97 Å². The smallest absolute Gasteiger partial charge is 0.312 e. The predicted octanol–water partition coefficient (Wildman–Crippen LogP) is 2.41. The van der Waals surface area contributed by atoms with Gasteiger partial charge in [-0.2, -0.15) is 0 Å². The number of aryl methyl sites for hydroxylation is 1. The van der Waals surface area contributed by atoms with Crippen LogP contribution >= 0.6 is 11.6 Å². The lowest BCUT2D eigenvalue weighted by Crippen LogP contribution is -2.55. The Balaban J connectivity index is 1.62. The Hall–Kier alpha value is -2.68. The number of hydrogen-bond donors (Lipinski definition) is 1. The molecule has 1 N–H and O–H groups in total. The van der Waals surface area contributed by atoms with Crippen molar-refractivity contribution in [1.29, 1.82) is 0 Å². The summed E-state index contributed by atoms with van der Waals surface area (Å²) in [6, 6.07) is 4.47. The molecule has 4 aliphatic heterocycles. The number of para-hydroxylation sites is 1. The van der Waals surface area contributed by atoms with E-state index in [4.69, 9.17) is 21.1 Å². The molecule has 1 aromatic carbocycles. The van der Waals surface area contributed by atoms with Crippen molar-refractivity contribution in [3.63, 3.8) is 0 Å². The highest BCUT2D eigenvalue weighted by molar-refractivity contribution is 6.34. The van der Waals surface area contributed by atoms with Crippen LogP contribution in [0.1, 0.15) is 24.8 Å². The topological polar surface area (TPSA) is 96.4 Å². The number of benzene rings is 1. The van der Waals surface area contributed by atoms with Gasteiger partial charge in [-0.15, -0.1) is 0 Å². The summed E-state index contributed by atoms with van der Waals surface area (Å²) in [6.07, 6.45) is 8.24. The maximum absolute atomic E-state index is 14.3. The molecule has 1 spiro atoms. The summed E-state index contributed by atoms with van der Waals surface area (Å²) in [7, 11) is 0. The normalized spacial score (nSPS) is 32.0. The van der Waals surface area contributed by atoms with E-state index >= 15 is 0 Å². The molecule has 5 atom stereocenters. The minimum atomic E-state index is -1.31. The monoisotopic (exact) mass is 500 g/mol. The average Bonchev–Trinajstić information content (AvgIpc) is 3.19. The molecular weight excluding hydrogens is 472 g/mol. The first-order chi connectivity index (χ1) is 16.9. The van der Waals surface area contributed by atoms with Crippen LogP contribution in [0.15, 0.2) is 42.5 Å². The number of cyclic esters (lactones) is 1. The fourth-order valence-corrected chi connectivity index (χ4v) is 6.23. The number of anilines is 1. The first-order valence-corrected chi connectivity index (χ1v) is 12.4. The molecule has 0 saturated carbocycles. The number of amides is 2. The van der Waals surface area contributed by atoms with Crippen LogP contribution in [0.5, 0.6) is 0 Å². The summed E-state index contributed by atoms with van der Waals surface area (Å²) in [5, 5.41) is 9.74. The maximum atomic E-state index is 14.3. The van der Waals surface area contributed by atoms with Gasteiger partial charge in [0, 0.05) is 19.7 Å². The third-order valence-electron chi connectivity index (χ3n) is 7.39. The summed E-state index contributed by atoms with van der Waals surface area (Å²) in [6.45, 7) is 2.63. The maximum Gasteiger partial charge on any atom is 0.312 e. The highest BCUT2D eigenvalue weighted by Crippen LogP contribution is 2.53. The predicted molar refractivity (Wildman–Crippen MR) is 129 cm³/mol. The number of carbonyl (C=O) groups is 3. The second kappa shape index (κ2) is 9.41. The number of hydrogen-bond acceptors (Lipinski definition) is 6. The number of rotatable bonds is 5. The number of aliphatic hydroxyl groups is 1. The molecular formula is C26H29ClN2O6. The van der Waals surface area contributed by atoms with Crippen molar-refractivity contribution in [2.45, 2.75) is 43.9 Å². The number of halogens is 1. The molecule has 0 aliphatic carbocycles. The third-order valence-corrected chi connectivity index (χ3v) is 7.69. The molecule has 2 amide bonds. The lowest BCUT2D eigenvalue weighted by molar-refractivity contribution is -0.154. The molecule has 0 aromatic heterocycles. The van der Waals surface area contributed by atoms with Crippen LogP contribution in [0.2, 0.25) is 5.02 Å². The van der Waals surface area contributed by atoms with Gasteiger partial charge in [0.15, 0.2) is 0 Å². The van der Waals surface area contributed by atoms with Gasteiger partial charge in [0.2, 0.25) is 5.91 Å². The Bertz CT molecular complexity index is 1080. The van der Waals surface area contributed by atoms with Crippen LogP contribution in [0.25, 0.3) is 0 Å². The van der Waals surface area contributed by atoms with Gasteiger partial charge in [-0.05, 0) is 37.8 Å². The summed E-state index contributed by atoms with van der Waals surface area (Å²) in [5.74, 6) is -2.81. The van der Waals surface area contributed by atoms with Gasteiger partial charge in [-0.1, -0.05) is 48.0 Å². The summed E-state index contributed by atoms with van der Waals surface area (Å²) >= 11 is 6.53. The van der Waals surface area contributed by atoms with Crippen LogP contribution < -0.4 is 4.90 Å². The van der Waals surface area contributed by atoms with Gasteiger partial charge in [-0.3, -0.25) is 14.4 Å². The standard InChI is InChI=1S/C26H29ClN2O6/c1-16-8-6-9-17(27)21(16)28-13-7-11-26-20(19-18(35-26)10-2-5-15-34-25(19)33)23(31)29(12-3-4-14-30)22(26)24(28)32/h2,6-11,18-20,22,30H,3-5,12-15H2,1H3/t18-,19+,20-,22?,26-/m0/s1. The van der Waals surface area contributed by atoms with Crippen molar-refractivity contribution in [3.8, 4) is 0 Å². The SMILES string of the molecule is Cc1cccc(Cl)c1N1CC=C[C@]23O[C@H]4C=CCCOC(=O)[C@H]4[C@H]2C(=O)N(CCCCO)C3C1=O. The van der Waals surface area contributed by atoms with E-state index in [9.17, 15) is 19.5 Å². The number of fused-ring (bicyclic) bond motifs is 2. The van der Waals surface area contributed by atoms with E-state index < -0.39 is 35.6 Å². The number of carbonyl (C=O) groups excluding carboxylic acids is 3. The van der Waals surface area contributed by atoms with E-state index in [1.165, 1.54) is 4.90 Å². The fourth-order valence-electron chi connectivity index (χ4n) is 5.91. The highest BCUT2D eigenvalue weighted by Gasteiger charge is 2.71. The minimum absolute atomic E-state index is 0.0155. The number of nitrogens with zero attached hydrogens (tertiary/aromatic N) is 2. The van der Waals surface area contributed by atoms with Gasteiger partial charge in [0.25, 0.3) is 5.91 Å². The molecule has 1 unspecified atom stereocenters. The van der Waals surface area contributed by atoms with E-state index in [2.05, 4.69) is 0 Å². The Labute approximate surface area is 209 Å². The first kappa shape index (κ1) is 24.0. The zero-order chi connectivity index (χ0) is 24.7. The number of ether oxygens (including phenoxy) is 2. The van der Waals surface area contributed by atoms with Crippen molar-refractivity contribution in [3.05, 3.63) is 53.1 Å². The zero-order valence-corrected chi connectivity index (χ0v) is 20.3.